The smallest absolute Gasteiger partial charge is 0.159 e. The molecular weight excluding hydrogens is 829 g/mol. The maximum Gasteiger partial charge on any atom is 0.159 e. The lowest BCUT2D eigenvalue weighted by atomic mass is 9.92. The predicted octanol–water partition coefficient (Wildman–Crippen LogP) is 18.7. The molecular formula is C64H40N2O2. The van der Waals surface area contributed by atoms with Gasteiger partial charge in [-0.3, -0.25) is 0 Å². The third-order valence-electron chi connectivity index (χ3n) is 13.7. The number of fused-ring (bicyclic) bond motifs is 6. The van der Waals surface area contributed by atoms with Gasteiger partial charge in [-0.25, -0.2) is 0 Å². The molecule has 0 radical (unpaired) electrons. The van der Waals surface area contributed by atoms with Gasteiger partial charge >= 0.3 is 0 Å². The molecule has 0 amide bonds. The summed E-state index contributed by atoms with van der Waals surface area (Å²) in [5.41, 5.74) is 14.1. The van der Waals surface area contributed by atoms with Crippen molar-refractivity contribution in [2.24, 2.45) is 0 Å². The molecule has 0 aliphatic heterocycles. The van der Waals surface area contributed by atoms with Gasteiger partial charge in [0.25, 0.3) is 0 Å². The fraction of sp³-hybridized carbons (Fsp3) is 0. The van der Waals surface area contributed by atoms with E-state index in [2.05, 4.69) is 252 Å². The summed E-state index contributed by atoms with van der Waals surface area (Å²) >= 11 is 0. The standard InChI is InChI=1S/C64H40N2O2/c1-5-17-41(18-6-1)49-25-13-27-51-53-29-15-31-57(63(53)67-61(49)51)65(46-21-9-3-10-22-46)48-39-44-34-33-43-36-38-56(55-37-35-45(40-48)59(44)60(43)55)66(47-23-11-4-12-24-47)58-32-16-30-54-52-28-14-26-50(62(52)68-64(54)58)42-19-7-2-8-20-42/h1-40H. The molecule has 12 aromatic carbocycles. The third kappa shape index (κ3) is 5.87. The van der Waals surface area contributed by atoms with Gasteiger partial charge in [-0.15, -0.1) is 0 Å². The summed E-state index contributed by atoms with van der Waals surface area (Å²) in [6.45, 7) is 0. The quantitative estimate of drug-likeness (QED) is 0.142. The zero-order valence-electron chi connectivity index (χ0n) is 36.8. The van der Waals surface area contributed by atoms with Crippen LogP contribution in [0.15, 0.2) is 251 Å². The number of nitrogens with zero attached hydrogens (tertiary/aromatic N) is 2. The number of hydrogen-bond donors (Lipinski definition) is 0. The second kappa shape index (κ2) is 15.2. The molecule has 0 aliphatic rings. The molecule has 0 saturated heterocycles. The van der Waals surface area contributed by atoms with Crippen LogP contribution in [-0.2, 0) is 0 Å². The van der Waals surface area contributed by atoms with Gasteiger partial charge in [0.15, 0.2) is 11.2 Å². The molecule has 4 heteroatoms. The Labute approximate surface area is 392 Å². The fourth-order valence-electron chi connectivity index (χ4n) is 10.8. The second-order valence-electron chi connectivity index (χ2n) is 17.6. The number of para-hydroxylation sites is 6. The summed E-state index contributed by atoms with van der Waals surface area (Å²) in [6.07, 6.45) is 0. The normalized spacial score (nSPS) is 11.8. The Kier molecular flexibility index (Phi) is 8.55. The lowest BCUT2D eigenvalue weighted by molar-refractivity contribution is 0.670. The number of anilines is 6. The Balaban J connectivity index is 0.965. The minimum Gasteiger partial charge on any atom is -0.453 e. The number of rotatable bonds is 8. The molecule has 14 rings (SSSR count). The Morgan fingerprint density at radius 2 is 0.676 bits per heavy atom. The van der Waals surface area contributed by atoms with Gasteiger partial charge in [-0.05, 0) is 92.7 Å². The molecule has 2 aromatic heterocycles. The molecule has 68 heavy (non-hydrogen) atoms. The Hall–Kier alpha value is -9.12. The van der Waals surface area contributed by atoms with E-state index in [1.807, 2.05) is 0 Å². The van der Waals surface area contributed by atoms with Crippen LogP contribution >= 0.6 is 0 Å². The van der Waals surface area contributed by atoms with Crippen molar-refractivity contribution in [3.8, 4) is 22.3 Å². The summed E-state index contributed by atoms with van der Waals surface area (Å²) in [7, 11) is 0. The van der Waals surface area contributed by atoms with Crippen LogP contribution in [0.2, 0.25) is 0 Å². The monoisotopic (exact) mass is 868 g/mol. The molecule has 0 N–H and O–H groups in total. The van der Waals surface area contributed by atoms with Crippen molar-refractivity contribution >= 4 is 110 Å². The average molecular weight is 869 g/mol. The minimum absolute atomic E-state index is 0.848. The van der Waals surface area contributed by atoms with Crippen molar-refractivity contribution in [2.45, 2.75) is 0 Å². The predicted molar refractivity (Wildman–Crippen MR) is 285 cm³/mol. The highest BCUT2D eigenvalue weighted by Gasteiger charge is 2.25. The van der Waals surface area contributed by atoms with Crippen LogP contribution in [0.25, 0.3) is 98.4 Å². The van der Waals surface area contributed by atoms with Crippen LogP contribution in [0.5, 0.6) is 0 Å². The van der Waals surface area contributed by atoms with Gasteiger partial charge in [0.1, 0.15) is 11.2 Å². The summed E-state index contributed by atoms with van der Waals surface area (Å²) < 4.78 is 14.1. The van der Waals surface area contributed by atoms with Crippen LogP contribution in [0.1, 0.15) is 0 Å². The van der Waals surface area contributed by atoms with Crippen LogP contribution in [0.4, 0.5) is 34.1 Å². The van der Waals surface area contributed by atoms with Gasteiger partial charge in [0.2, 0.25) is 0 Å². The largest absolute Gasteiger partial charge is 0.453 e. The van der Waals surface area contributed by atoms with E-state index in [0.29, 0.717) is 0 Å². The highest BCUT2D eigenvalue weighted by molar-refractivity contribution is 6.27. The molecule has 318 valence electrons. The third-order valence-corrected chi connectivity index (χ3v) is 13.7. The lowest BCUT2D eigenvalue weighted by Crippen LogP contribution is -2.11. The zero-order chi connectivity index (χ0) is 44.7. The highest BCUT2D eigenvalue weighted by atomic mass is 16.3. The lowest BCUT2D eigenvalue weighted by Gasteiger charge is -2.28. The van der Waals surface area contributed by atoms with E-state index < -0.39 is 0 Å². The summed E-state index contributed by atoms with van der Waals surface area (Å²) in [6, 6.07) is 86.6. The van der Waals surface area contributed by atoms with Crippen LogP contribution in [-0.4, -0.2) is 0 Å². The van der Waals surface area contributed by atoms with Crippen molar-refractivity contribution < 1.29 is 8.83 Å². The van der Waals surface area contributed by atoms with Crippen LogP contribution < -0.4 is 9.80 Å². The van der Waals surface area contributed by atoms with Gasteiger partial charge in [-0.1, -0.05) is 188 Å². The highest BCUT2D eigenvalue weighted by Crippen LogP contribution is 2.50. The first-order valence-corrected chi connectivity index (χ1v) is 23.2. The van der Waals surface area contributed by atoms with Gasteiger partial charge in [0.05, 0.1) is 17.1 Å². The van der Waals surface area contributed by atoms with Crippen LogP contribution in [0, 0.1) is 0 Å². The summed E-state index contributed by atoms with van der Waals surface area (Å²) in [4.78, 5) is 4.72. The summed E-state index contributed by atoms with van der Waals surface area (Å²) in [5, 5.41) is 11.5. The van der Waals surface area contributed by atoms with E-state index >= 15 is 0 Å². The van der Waals surface area contributed by atoms with Gasteiger partial charge < -0.3 is 18.6 Å². The maximum absolute atomic E-state index is 7.04. The fourth-order valence-corrected chi connectivity index (χ4v) is 10.8. The minimum atomic E-state index is 0.848. The van der Waals surface area contributed by atoms with Crippen molar-refractivity contribution in [3.05, 3.63) is 243 Å². The number of benzene rings is 12. The average Bonchev–Trinajstić information content (AvgIpc) is 3.99. The maximum atomic E-state index is 7.04. The van der Waals surface area contributed by atoms with E-state index in [-0.39, 0.29) is 0 Å². The van der Waals surface area contributed by atoms with Crippen molar-refractivity contribution in [1.29, 1.82) is 0 Å². The first-order valence-electron chi connectivity index (χ1n) is 23.2. The molecule has 4 nitrogen and oxygen atoms in total. The van der Waals surface area contributed by atoms with E-state index in [1.165, 1.54) is 16.2 Å². The molecule has 2 heterocycles. The first kappa shape index (κ1) is 38.2. The Bertz CT molecular complexity index is 4180. The Morgan fingerprint density at radius 1 is 0.250 bits per heavy atom. The first-order chi connectivity index (χ1) is 33.7. The van der Waals surface area contributed by atoms with Gasteiger partial charge in [0, 0.05) is 55.1 Å². The molecule has 0 spiro atoms. The zero-order valence-corrected chi connectivity index (χ0v) is 36.8. The van der Waals surface area contributed by atoms with E-state index in [9.17, 15) is 0 Å². The number of hydrogen-bond acceptors (Lipinski definition) is 4. The van der Waals surface area contributed by atoms with Gasteiger partial charge in [-0.2, -0.15) is 0 Å². The molecule has 0 fully saturated rings. The Morgan fingerprint density at radius 3 is 1.22 bits per heavy atom. The van der Waals surface area contributed by atoms with Crippen molar-refractivity contribution in [3.63, 3.8) is 0 Å². The van der Waals surface area contributed by atoms with E-state index in [1.54, 1.807) is 0 Å². The molecule has 0 bridgehead atoms. The molecule has 0 atom stereocenters. The van der Waals surface area contributed by atoms with E-state index in [4.69, 9.17) is 8.83 Å². The molecule has 0 saturated carbocycles. The van der Waals surface area contributed by atoms with E-state index in [0.717, 1.165) is 116 Å². The number of furan rings is 2. The second-order valence-corrected chi connectivity index (χ2v) is 17.6. The summed E-state index contributed by atoms with van der Waals surface area (Å²) in [5.74, 6) is 0. The van der Waals surface area contributed by atoms with Crippen molar-refractivity contribution in [2.75, 3.05) is 9.80 Å². The molecule has 14 aromatic rings. The molecule has 0 unspecified atom stereocenters. The molecule has 0 aliphatic carbocycles. The topological polar surface area (TPSA) is 32.8 Å². The van der Waals surface area contributed by atoms with Crippen molar-refractivity contribution in [1.82, 2.24) is 0 Å². The SMILES string of the molecule is c1ccc(-c2cccc3c2oc2c(N(c4ccccc4)c4cc5ccc6ccc(N(c7ccccc7)c7cccc8c7oc7c(-c9ccccc9)cccc78)c7ccc(c4)c5c67)cccc23)cc1. The van der Waals surface area contributed by atoms with Crippen LogP contribution in [0.3, 0.4) is 0 Å².